The van der Waals surface area contributed by atoms with Gasteiger partial charge < -0.3 is 76.1 Å². The molecule has 582 valence electrons. The van der Waals surface area contributed by atoms with E-state index < -0.39 is 335 Å². The summed E-state index contributed by atoms with van der Waals surface area (Å²) in [5.74, 6) is -8.09. The average molecular weight is 1600 g/mol. The second-order valence-corrected chi connectivity index (χ2v) is 25.2. The zero-order valence-electron chi connectivity index (χ0n) is 102. The van der Waals surface area contributed by atoms with E-state index in [1.807, 2.05) is 0 Å². The molecule has 6 saturated carbocycles. The quantitative estimate of drug-likeness (QED) is 0.0168. The summed E-state index contributed by atoms with van der Waals surface area (Å²) in [6, 6.07) is -22.6. The summed E-state index contributed by atoms with van der Waals surface area (Å²) in [6.07, 6.45) is -54.7. The van der Waals surface area contributed by atoms with Gasteiger partial charge in [0, 0.05) is 94.0 Å². The second kappa shape index (κ2) is 35.1. The van der Waals surface area contributed by atoms with Crippen molar-refractivity contribution in [3.63, 3.8) is 0 Å². The number of anilines is 3. The van der Waals surface area contributed by atoms with Crippen LogP contribution in [0.15, 0.2) is 69.9 Å². The predicted molar refractivity (Wildman–Crippen MR) is 398 cm³/mol. The smallest absolute Gasteiger partial charge is 0.191 e. The zero-order valence-corrected chi connectivity index (χ0v) is 58.9. The molecule has 15 rings (SSSR count). The molecule has 18 atom stereocenters. The first kappa shape index (κ1) is 39.9. The number of thioether (sulfide) groups is 3. The van der Waals surface area contributed by atoms with Gasteiger partial charge in [-0.1, -0.05) is 108 Å². The molecule has 0 spiro atoms. The Morgan fingerprint density at radius 1 is 0.491 bits per heavy atom. The lowest BCUT2D eigenvalue weighted by Crippen LogP contribution is -2.33. The standard InChI is InChI=1S/3C24H31FN6O4S/c3*1-3-8-36-24-27-22(26-16-10-14(16)13-5-4-12(2)15(25)9-13)19-23(28-24)31(30-29-19)17-11-18(35-7-6-32)21(34)20(17)33/h3*4-5,9,14,16-18,20-21,32-34H,3,6-8,10-11H2,1-2H3,(H,26,27,28)/t3*14-,16+,17+,18-,20-,21+/m000/s1/i4D,5D,6D2,7D2,8D2,9D,11D2,16D,17D,18D,20D,21D;3D2,4D,5D,6D2,8D2,9D,11D2,16D,17D,18D,20D,21D;3D2,4D,5D,8D2,9D,11D2,16D,17D,18D,20D,21D. The van der Waals surface area contributed by atoms with Gasteiger partial charge >= 0.3 is 0 Å². The van der Waals surface area contributed by atoms with E-state index in [4.69, 9.17) is 72.5 Å². The molecule has 30 nitrogen and oxygen atoms in total. The Hall–Kier alpha value is -7.14. The van der Waals surface area contributed by atoms with Crippen molar-refractivity contribution in [1.82, 2.24) is 74.9 Å². The molecule has 0 radical (unpaired) electrons. The fourth-order valence-electron chi connectivity index (χ4n) is 10.1. The van der Waals surface area contributed by atoms with Crippen LogP contribution in [0.2, 0.25) is 0 Å². The van der Waals surface area contributed by atoms with Crippen molar-refractivity contribution in [1.29, 1.82) is 0 Å². The van der Waals surface area contributed by atoms with Crippen molar-refractivity contribution < 1.29 is 136 Å². The minimum absolute atomic E-state index is 0.0165. The molecular weight excluding hydrogens is 1460 g/mol. The minimum Gasteiger partial charge on any atom is -0.394 e. The highest BCUT2D eigenvalue weighted by molar-refractivity contribution is 7.99. The van der Waals surface area contributed by atoms with Gasteiger partial charge in [0.2, 0.25) is 0 Å². The number of nitrogens with one attached hydrogen (secondary N) is 3. The van der Waals surface area contributed by atoms with E-state index in [0.29, 0.717) is 11.8 Å². The van der Waals surface area contributed by atoms with Gasteiger partial charge in [0.15, 0.2) is 66.4 Å². The molecule has 0 amide bonds. The third kappa shape index (κ3) is 17.5. The number of halogens is 3. The van der Waals surface area contributed by atoms with Crippen LogP contribution in [0.1, 0.15) is 211 Å². The number of nitrogens with zero attached hydrogens (tertiary/aromatic N) is 15. The first-order chi connectivity index (χ1) is 69.1. The average Bonchev–Trinajstić information content (AvgIpc) is 1.49. The zero-order chi connectivity index (χ0) is 118. The van der Waals surface area contributed by atoms with Crippen LogP contribution in [0, 0.1) is 38.2 Å². The Kier molecular flexibility index (Phi) is 12.9. The number of hydrogen-bond donors (Lipinski definition) is 12. The van der Waals surface area contributed by atoms with E-state index in [1.165, 1.54) is 27.7 Å². The molecule has 6 fully saturated rings. The van der Waals surface area contributed by atoms with Crippen molar-refractivity contribution in [3.05, 3.63) is 105 Å². The lowest BCUT2D eigenvalue weighted by Gasteiger charge is -2.17. The molecule has 6 aliphatic carbocycles. The number of aliphatic hydroxyl groups excluding tert-OH is 1. The van der Waals surface area contributed by atoms with Crippen molar-refractivity contribution in [3.8, 4) is 0 Å². The first-order valence-corrected chi connectivity index (χ1v) is 34.1. The fourth-order valence-corrected chi connectivity index (χ4v) is 11.5. The summed E-state index contributed by atoms with van der Waals surface area (Å²) in [6.45, 7) is -7.84. The largest absolute Gasteiger partial charge is 0.394 e. The van der Waals surface area contributed by atoms with E-state index in [0.717, 1.165) is 13.8 Å². The Labute approximate surface area is 697 Å². The van der Waals surface area contributed by atoms with Gasteiger partial charge in [-0.25, -0.2) is 57.1 Å². The maximum absolute atomic E-state index is 14.8. The van der Waals surface area contributed by atoms with Crippen molar-refractivity contribution in [2.45, 2.75) is 223 Å². The number of aliphatic hydroxyl groups is 9. The van der Waals surface area contributed by atoms with Crippen LogP contribution in [-0.4, -0.2) is 250 Å². The SMILES string of the molecule is [2H]c1c([2H])c([C@@H]2C[C@@]2([2H])Nc2nc(SC([2H])([2H])C([2H])([2H])C)nc3c2nnn3[C@]2([2H])C([2H])([2H])[C@]([2H])(OCC([2H])([2H])O)[C@@]([2H])(O)[C@@]2([2H])O)c([2H])c(F)c1C.[2H]c1c([2H])c([C@@H]2C[C@@]2([2H])Nc2nc(SC([2H])([2H])C([2H])([2H])C)nc3c2nnn3[C@]2([2H])C([2H])([2H])[C@]([2H])(OCCO)[C@@]([2H])(O)[C@@]2([2H])O)c([2H])c(F)c1C.[2H]c1c([2H])c([C@@H]2C[C@@]2([2H])Nc2nc(SC([2H])([2H])CC)nc3c2nnn3[C@]2([2H])C([2H])([2H])[C@]([2H])(OC([2H])([2H])C([2H])([2H])O)[C@@]([2H])(O)[C@@]2([2H])O)c([2H])c(F)c1C. The van der Waals surface area contributed by atoms with Crippen molar-refractivity contribution in [2.75, 3.05) is 72.6 Å². The summed E-state index contributed by atoms with van der Waals surface area (Å²) in [5, 5.41) is 123. The number of rotatable bonds is 30. The predicted octanol–water partition coefficient (Wildman–Crippen LogP) is 6.55. The topological polar surface area (TPSA) is 415 Å². The maximum Gasteiger partial charge on any atom is 0.191 e. The highest BCUT2D eigenvalue weighted by Gasteiger charge is 2.49. The molecule has 3 aromatic carbocycles. The van der Waals surface area contributed by atoms with Crippen LogP contribution in [0.25, 0.3) is 33.5 Å². The van der Waals surface area contributed by atoms with Crippen LogP contribution < -0.4 is 16.0 Å². The molecule has 12 N–H and O–H groups in total. The highest BCUT2D eigenvalue weighted by atomic mass is 32.2. The first-order valence-electron chi connectivity index (χ1n) is 54.6. The van der Waals surface area contributed by atoms with Gasteiger partial charge in [0.25, 0.3) is 0 Å². The van der Waals surface area contributed by atoms with Crippen molar-refractivity contribution >= 4 is 86.2 Å². The summed E-state index contributed by atoms with van der Waals surface area (Å²) >= 11 is 0.508. The minimum atomic E-state index is -4.39. The highest BCUT2D eigenvalue weighted by Crippen LogP contribution is 2.48. The van der Waals surface area contributed by atoms with E-state index in [2.05, 4.69) is 81.5 Å². The molecule has 108 heavy (non-hydrogen) atoms. The normalized spacial score (nSPS) is 46.5. The maximum atomic E-state index is 14.8. The van der Waals surface area contributed by atoms with Crippen molar-refractivity contribution in [2.24, 2.45) is 0 Å². The fraction of sp³-hybridized carbons (Fsp3) is 0.583. The lowest BCUT2D eigenvalue weighted by molar-refractivity contribution is -0.0629. The monoisotopic (exact) mass is 1600 g/mol. The van der Waals surface area contributed by atoms with Gasteiger partial charge in [-0.3, -0.25) is 0 Å². The molecular formula is C72H93F3N18O12S3. The lowest BCUT2D eigenvalue weighted by atomic mass is 10.1. The van der Waals surface area contributed by atoms with Crippen LogP contribution in [0.4, 0.5) is 30.6 Å². The molecule has 36 heteroatoms. The van der Waals surface area contributed by atoms with Crippen LogP contribution in [-0.2, 0) is 14.2 Å². The third-order valence-corrected chi connectivity index (χ3v) is 17.7. The number of fused-ring (bicyclic) bond motifs is 3. The molecule has 6 heterocycles. The number of benzene rings is 3. The summed E-state index contributed by atoms with van der Waals surface area (Å²) in [4.78, 5) is 24.5. The van der Waals surface area contributed by atoms with Gasteiger partial charge in [-0.2, -0.15) is 0 Å². The Bertz CT molecular complexity index is 7020. The van der Waals surface area contributed by atoms with Gasteiger partial charge in [-0.05, 0) is 111 Å². The van der Waals surface area contributed by atoms with Gasteiger partial charge in [0.05, 0.1) is 117 Å². The summed E-state index contributed by atoms with van der Waals surface area (Å²) < 4.78 is 441. The molecule has 6 aromatic heterocycles. The Morgan fingerprint density at radius 3 is 1.16 bits per heavy atom. The molecule has 0 saturated heterocycles. The molecule has 0 unspecified atom stereocenters. The van der Waals surface area contributed by atoms with E-state index >= 15 is 0 Å². The van der Waals surface area contributed by atoms with Gasteiger partial charge in [0.1, 0.15) is 53.9 Å². The van der Waals surface area contributed by atoms with E-state index in [-0.39, 0.29) is 96.6 Å². The number of hydrogen-bond acceptors (Lipinski definition) is 30. The van der Waals surface area contributed by atoms with Gasteiger partial charge in [-0.15, -0.1) is 15.3 Å². The van der Waals surface area contributed by atoms with E-state index in [9.17, 15) is 59.1 Å². The van der Waals surface area contributed by atoms with Crippen LogP contribution in [0.3, 0.4) is 0 Å². The summed E-state index contributed by atoms with van der Waals surface area (Å²) in [5.41, 5.74) is -13.5. The molecule has 6 aliphatic rings. The Morgan fingerprint density at radius 2 is 0.833 bits per heavy atom. The molecule has 0 bridgehead atoms. The molecule has 0 aliphatic heterocycles. The van der Waals surface area contributed by atoms with Crippen LogP contribution >= 0.6 is 35.3 Å². The van der Waals surface area contributed by atoms with E-state index in [1.54, 1.807) is 0 Å². The van der Waals surface area contributed by atoms with Crippen LogP contribution in [0.5, 0.6) is 0 Å². The summed E-state index contributed by atoms with van der Waals surface area (Å²) in [7, 11) is 0. The molecule has 9 aromatic rings. The third-order valence-electron chi connectivity index (χ3n) is 15.6. The number of ether oxygens (including phenoxy) is 3. The second-order valence-electron chi connectivity index (χ2n) is 22.8. The Balaban J connectivity index is 0.000000192. The number of aromatic nitrogens is 15.